The molecular weight excluding hydrogens is 295 g/mol. The second-order valence-corrected chi connectivity index (χ2v) is 5.48. The number of fused-ring (bicyclic) bond motifs is 1. The van der Waals surface area contributed by atoms with E-state index in [-0.39, 0.29) is 11.7 Å². The van der Waals surface area contributed by atoms with Crippen LogP contribution in [-0.4, -0.2) is 24.5 Å². The minimum Gasteiger partial charge on any atom is -0.494 e. The molecule has 2 aromatic rings. The molecule has 1 atom stereocenters. The van der Waals surface area contributed by atoms with Crippen molar-refractivity contribution in [3.63, 3.8) is 0 Å². The number of nitrogens with one attached hydrogen (secondary N) is 1. The minimum atomic E-state index is -0.436. The van der Waals surface area contributed by atoms with Crippen molar-refractivity contribution in [2.45, 2.75) is 19.5 Å². The Labute approximate surface area is 134 Å². The van der Waals surface area contributed by atoms with Crippen LogP contribution in [0.1, 0.15) is 35.4 Å². The van der Waals surface area contributed by atoms with Crippen LogP contribution in [0.4, 0.5) is 10.1 Å². The van der Waals surface area contributed by atoms with Gasteiger partial charge >= 0.3 is 0 Å². The monoisotopic (exact) mass is 314 g/mol. The molecule has 1 heterocycles. The van der Waals surface area contributed by atoms with E-state index in [4.69, 9.17) is 4.74 Å². The van der Waals surface area contributed by atoms with E-state index in [2.05, 4.69) is 5.32 Å². The molecular formula is C18H19FN2O2. The van der Waals surface area contributed by atoms with Crippen molar-refractivity contribution < 1.29 is 13.9 Å². The number of halogens is 1. The number of hydrogen-bond donors (Lipinski definition) is 1. The number of para-hydroxylation sites is 1. The number of carbonyl (C=O) groups excluding carboxylic acids is 1. The van der Waals surface area contributed by atoms with Crippen molar-refractivity contribution in [3.8, 4) is 5.75 Å². The number of benzene rings is 2. The zero-order valence-electron chi connectivity index (χ0n) is 13.2. The van der Waals surface area contributed by atoms with Crippen LogP contribution in [0, 0.1) is 5.82 Å². The first kappa shape index (κ1) is 15.3. The van der Waals surface area contributed by atoms with Crippen molar-refractivity contribution in [1.29, 1.82) is 0 Å². The maximum Gasteiger partial charge on any atom is 0.257 e. The minimum absolute atomic E-state index is 0.0394. The molecule has 23 heavy (non-hydrogen) atoms. The summed E-state index contributed by atoms with van der Waals surface area (Å²) < 4.78 is 19.0. The Morgan fingerprint density at radius 3 is 2.74 bits per heavy atom. The highest BCUT2D eigenvalue weighted by Gasteiger charge is 2.32. The standard InChI is InChI=1S/C18H19FN2O2/c1-3-10-21-17(12-8-9-16(23-2)14(19)11-12)20-15-7-5-4-6-13(15)18(21)22/h4-9,11,17,20H,3,10H2,1-2H3/t17-/m1/s1. The molecule has 0 saturated carbocycles. The van der Waals surface area contributed by atoms with Crippen LogP contribution in [0.15, 0.2) is 42.5 Å². The topological polar surface area (TPSA) is 41.6 Å². The maximum absolute atomic E-state index is 14.1. The number of ether oxygens (including phenoxy) is 1. The van der Waals surface area contributed by atoms with E-state index in [0.29, 0.717) is 17.7 Å². The molecule has 0 unspecified atom stereocenters. The lowest BCUT2D eigenvalue weighted by atomic mass is 10.0. The fraction of sp³-hybridized carbons (Fsp3) is 0.278. The molecule has 0 aliphatic carbocycles. The number of carbonyl (C=O) groups is 1. The summed E-state index contributed by atoms with van der Waals surface area (Å²) in [6.07, 6.45) is 0.433. The highest BCUT2D eigenvalue weighted by molar-refractivity contribution is 6.01. The first-order valence-corrected chi connectivity index (χ1v) is 7.65. The van der Waals surface area contributed by atoms with Gasteiger partial charge in [-0.2, -0.15) is 0 Å². The third-order valence-electron chi connectivity index (χ3n) is 3.98. The summed E-state index contributed by atoms with van der Waals surface area (Å²) in [7, 11) is 1.43. The van der Waals surface area contributed by atoms with E-state index >= 15 is 0 Å². The van der Waals surface area contributed by atoms with Crippen molar-refractivity contribution in [1.82, 2.24) is 4.90 Å². The number of hydrogen-bond acceptors (Lipinski definition) is 3. The summed E-state index contributed by atoms with van der Waals surface area (Å²) in [5.41, 5.74) is 2.11. The Kier molecular flexibility index (Phi) is 4.19. The molecule has 2 aromatic carbocycles. The van der Waals surface area contributed by atoms with Gasteiger partial charge in [0, 0.05) is 12.2 Å². The number of rotatable bonds is 4. The molecule has 1 aliphatic heterocycles. The summed E-state index contributed by atoms with van der Waals surface area (Å²) in [6, 6.07) is 12.2. The molecule has 0 saturated heterocycles. The van der Waals surface area contributed by atoms with Gasteiger partial charge in [0.05, 0.1) is 12.7 Å². The number of nitrogens with zero attached hydrogens (tertiary/aromatic N) is 1. The number of amides is 1. The fourth-order valence-corrected chi connectivity index (χ4v) is 2.88. The Morgan fingerprint density at radius 1 is 1.26 bits per heavy atom. The molecule has 1 amide bonds. The summed E-state index contributed by atoms with van der Waals surface area (Å²) in [5.74, 6) is -0.282. The third-order valence-corrected chi connectivity index (χ3v) is 3.98. The zero-order valence-corrected chi connectivity index (χ0v) is 13.2. The molecule has 1 aliphatic rings. The number of methoxy groups -OCH3 is 1. The van der Waals surface area contributed by atoms with Crippen LogP contribution in [0.5, 0.6) is 5.75 Å². The SMILES string of the molecule is CCCN1C(=O)c2ccccc2N[C@H]1c1ccc(OC)c(F)c1. The van der Waals surface area contributed by atoms with Gasteiger partial charge in [0.2, 0.25) is 0 Å². The van der Waals surface area contributed by atoms with Crippen LogP contribution >= 0.6 is 0 Å². The van der Waals surface area contributed by atoms with E-state index < -0.39 is 12.0 Å². The predicted molar refractivity (Wildman–Crippen MR) is 87.1 cm³/mol. The van der Waals surface area contributed by atoms with Gasteiger partial charge < -0.3 is 15.0 Å². The largest absolute Gasteiger partial charge is 0.494 e. The second kappa shape index (κ2) is 6.28. The molecule has 0 radical (unpaired) electrons. The summed E-state index contributed by atoms with van der Waals surface area (Å²) in [4.78, 5) is 14.5. The first-order valence-electron chi connectivity index (χ1n) is 7.65. The van der Waals surface area contributed by atoms with Gasteiger partial charge in [0.15, 0.2) is 11.6 Å². The Bertz CT molecular complexity index is 733. The lowest BCUT2D eigenvalue weighted by Crippen LogP contribution is -2.43. The molecule has 120 valence electrons. The molecule has 0 bridgehead atoms. The van der Waals surface area contributed by atoms with E-state index in [1.54, 1.807) is 23.1 Å². The predicted octanol–water partition coefficient (Wildman–Crippen LogP) is 3.81. The average Bonchev–Trinajstić information content (AvgIpc) is 2.57. The van der Waals surface area contributed by atoms with Crippen molar-refractivity contribution in [2.24, 2.45) is 0 Å². The first-order chi connectivity index (χ1) is 11.2. The lowest BCUT2D eigenvalue weighted by molar-refractivity contribution is 0.0683. The van der Waals surface area contributed by atoms with E-state index in [1.165, 1.54) is 13.2 Å². The van der Waals surface area contributed by atoms with Gasteiger partial charge in [0.1, 0.15) is 6.17 Å². The van der Waals surface area contributed by atoms with Gasteiger partial charge in [-0.3, -0.25) is 4.79 Å². The van der Waals surface area contributed by atoms with Gasteiger partial charge in [-0.1, -0.05) is 25.1 Å². The lowest BCUT2D eigenvalue weighted by Gasteiger charge is -2.38. The molecule has 3 rings (SSSR count). The van der Waals surface area contributed by atoms with Crippen LogP contribution in [-0.2, 0) is 0 Å². The highest BCUT2D eigenvalue weighted by Crippen LogP contribution is 2.34. The van der Waals surface area contributed by atoms with Crippen LogP contribution in [0.25, 0.3) is 0 Å². The maximum atomic E-state index is 14.1. The van der Waals surface area contributed by atoms with Crippen LogP contribution < -0.4 is 10.1 Å². The molecule has 4 nitrogen and oxygen atoms in total. The molecule has 0 fully saturated rings. The Hall–Kier alpha value is -2.56. The fourth-order valence-electron chi connectivity index (χ4n) is 2.88. The van der Waals surface area contributed by atoms with Gasteiger partial charge in [-0.25, -0.2) is 4.39 Å². The van der Waals surface area contributed by atoms with Gasteiger partial charge in [-0.15, -0.1) is 0 Å². The summed E-state index contributed by atoms with van der Waals surface area (Å²) in [6.45, 7) is 2.61. The Balaban J connectivity index is 2.03. The summed E-state index contributed by atoms with van der Waals surface area (Å²) in [5, 5.41) is 3.34. The van der Waals surface area contributed by atoms with Gasteiger partial charge in [-0.05, 0) is 36.2 Å². The zero-order chi connectivity index (χ0) is 16.4. The third kappa shape index (κ3) is 2.74. The van der Waals surface area contributed by atoms with Crippen molar-refractivity contribution >= 4 is 11.6 Å². The van der Waals surface area contributed by atoms with E-state index in [9.17, 15) is 9.18 Å². The average molecular weight is 314 g/mol. The second-order valence-electron chi connectivity index (χ2n) is 5.48. The molecule has 5 heteroatoms. The normalized spacial score (nSPS) is 16.7. The molecule has 1 N–H and O–H groups in total. The van der Waals surface area contributed by atoms with E-state index in [1.807, 2.05) is 25.1 Å². The van der Waals surface area contributed by atoms with Crippen molar-refractivity contribution in [2.75, 3.05) is 19.0 Å². The summed E-state index contributed by atoms with van der Waals surface area (Å²) >= 11 is 0. The van der Waals surface area contributed by atoms with E-state index in [0.717, 1.165) is 12.1 Å². The number of anilines is 1. The highest BCUT2D eigenvalue weighted by atomic mass is 19.1. The van der Waals surface area contributed by atoms with Crippen LogP contribution in [0.3, 0.4) is 0 Å². The quantitative estimate of drug-likeness (QED) is 0.933. The Morgan fingerprint density at radius 2 is 2.04 bits per heavy atom. The molecule has 0 aromatic heterocycles. The smallest absolute Gasteiger partial charge is 0.257 e. The van der Waals surface area contributed by atoms with Gasteiger partial charge in [0.25, 0.3) is 5.91 Å². The molecule has 0 spiro atoms. The van der Waals surface area contributed by atoms with Crippen molar-refractivity contribution in [3.05, 3.63) is 59.4 Å². The van der Waals surface area contributed by atoms with Crippen LogP contribution in [0.2, 0.25) is 0 Å².